The Morgan fingerprint density at radius 2 is 1.61 bits per heavy atom. The fourth-order valence-corrected chi connectivity index (χ4v) is 3.60. The molecule has 1 aliphatic rings. The van der Waals surface area contributed by atoms with Gasteiger partial charge in [0.25, 0.3) is 0 Å². The Labute approximate surface area is 142 Å². The molecule has 1 aliphatic heterocycles. The molecule has 23 heavy (non-hydrogen) atoms. The van der Waals surface area contributed by atoms with Gasteiger partial charge >= 0.3 is 0 Å². The number of Topliss-reactive ketones (excluding diaryl/α,β-unsaturated/α-hetero) is 1. The Bertz CT molecular complexity index is 442. The lowest BCUT2D eigenvalue weighted by Crippen LogP contribution is -2.32. The van der Waals surface area contributed by atoms with E-state index < -0.39 is 0 Å². The zero-order valence-electron chi connectivity index (χ0n) is 14.8. The monoisotopic (exact) mass is 315 g/mol. The van der Waals surface area contributed by atoms with Gasteiger partial charge in [0.2, 0.25) is 0 Å². The van der Waals surface area contributed by atoms with E-state index in [1.165, 1.54) is 56.9 Å². The standard InChI is InChI=1S/C21H33NO/c1-2-3-4-5-6-7-8-12-15-20-21(23)16-17-22(20)18-19-13-10-9-11-14-19/h9-11,13-14,20H,2-8,12,15-18H2,1H3. The Balaban J connectivity index is 1.65. The van der Waals surface area contributed by atoms with Crippen molar-refractivity contribution >= 4 is 5.78 Å². The van der Waals surface area contributed by atoms with E-state index in [-0.39, 0.29) is 6.04 Å². The first-order valence-electron chi connectivity index (χ1n) is 9.62. The first-order valence-corrected chi connectivity index (χ1v) is 9.62. The molecule has 0 saturated carbocycles. The fourth-order valence-electron chi connectivity index (χ4n) is 3.60. The topological polar surface area (TPSA) is 20.3 Å². The molecule has 1 fully saturated rings. The van der Waals surface area contributed by atoms with E-state index in [0.29, 0.717) is 5.78 Å². The van der Waals surface area contributed by atoms with Crippen molar-refractivity contribution in [2.24, 2.45) is 0 Å². The quantitative estimate of drug-likeness (QED) is 0.512. The number of hydrogen-bond donors (Lipinski definition) is 0. The average molecular weight is 316 g/mol. The first kappa shape index (κ1) is 18.2. The maximum absolute atomic E-state index is 12.2. The van der Waals surface area contributed by atoms with Crippen LogP contribution in [-0.2, 0) is 11.3 Å². The molecule has 1 heterocycles. The van der Waals surface area contributed by atoms with Crippen molar-refractivity contribution in [3.63, 3.8) is 0 Å². The lowest BCUT2D eigenvalue weighted by Gasteiger charge is -2.23. The van der Waals surface area contributed by atoms with E-state index in [2.05, 4.69) is 42.2 Å². The van der Waals surface area contributed by atoms with Crippen molar-refractivity contribution in [1.29, 1.82) is 0 Å². The molecular weight excluding hydrogens is 282 g/mol. The van der Waals surface area contributed by atoms with Gasteiger partial charge in [0, 0.05) is 19.5 Å². The van der Waals surface area contributed by atoms with Crippen LogP contribution in [0, 0.1) is 0 Å². The minimum Gasteiger partial charge on any atom is -0.298 e. The highest BCUT2D eigenvalue weighted by Gasteiger charge is 2.31. The molecule has 128 valence electrons. The van der Waals surface area contributed by atoms with Crippen LogP contribution in [-0.4, -0.2) is 23.3 Å². The van der Waals surface area contributed by atoms with Gasteiger partial charge in [-0.3, -0.25) is 9.69 Å². The second kappa shape index (κ2) is 10.6. The molecule has 2 heteroatoms. The predicted octanol–water partition coefficient (Wildman–Crippen LogP) is 5.36. The number of benzene rings is 1. The molecular formula is C21H33NO. The molecule has 2 rings (SSSR count). The number of ketones is 1. The smallest absolute Gasteiger partial charge is 0.151 e. The average Bonchev–Trinajstić information content (AvgIpc) is 2.91. The fraction of sp³-hybridized carbons (Fsp3) is 0.667. The van der Waals surface area contributed by atoms with Gasteiger partial charge < -0.3 is 0 Å². The largest absolute Gasteiger partial charge is 0.298 e. The van der Waals surface area contributed by atoms with Crippen LogP contribution in [0.15, 0.2) is 30.3 Å². The van der Waals surface area contributed by atoms with Crippen LogP contribution in [0.1, 0.15) is 76.7 Å². The Morgan fingerprint density at radius 3 is 2.30 bits per heavy atom. The number of rotatable bonds is 11. The summed E-state index contributed by atoms with van der Waals surface area (Å²) in [6, 6.07) is 10.7. The van der Waals surface area contributed by atoms with Gasteiger partial charge in [-0.05, 0) is 12.0 Å². The van der Waals surface area contributed by atoms with Crippen molar-refractivity contribution in [3.8, 4) is 0 Å². The van der Waals surface area contributed by atoms with Crippen molar-refractivity contribution in [3.05, 3.63) is 35.9 Å². The second-order valence-corrected chi connectivity index (χ2v) is 6.95. The van der Waals surface area contributed by atoms with Crippen LogP contribution >= 0.6 is 0 Å². The summed E-state index contributed by atoms with van der Waals surface area (Å²) in [6.45, 7) is 4.13. The maximum Gasteiger partial charge on any atom is 0.151 e. The first-order chi connectivity index (χ1) is 11.3. The van der Waals surface area contributed by atoms with Crippen LogP contribution < -0.4 is 0 Å². The summed E-state index contributed by atoms with van der Waals surface area (Å²) in [4.78, 5) is 14.6. The molecule has 1 saturated heterocycles. The van der Waals surface area contributed by atoms with Crippen molar-refractivity contribution in [2.45, 2.75) is 83.7 Å². The zero-order valence-corrected chi connectivity index (χ0v) is 14.8. The van der Waals surface area contributed by atoms with E-state index in [0.717, 1.165) is 25.9 Å². The molecule has 1 unspecified atom stereocenters. The van der Waals surface area contributed by atoms with Gasteiger partial charge in [-0.2, -0.15) is 0 Å². The third-order valence-corrected chi connectivity index (χ3v) is 5.02. The third kappa shape index (κ3) is 6.47. The summed E-state index contributed by atoms with van der Waals surface area (Å²) in [6.07, 6.45) is 12.5. The van der Waals surface area contributed by atoms with Crippen molar-refractivity contribution in [1.82, 2.24) is 4.90 Å². The third-order valence-electron chi connectivity index (χ3n) is 5.02. The molecule has 1 atom stereocenters. The number of carbonyl (C=O) groups is 1. The number of likely N-dealkylation sites (tertiary alicyclic amines) is 1. The lowest BCUT2D eigenvalue weighted by molar-refractivity contribution is -0.120. The highest BCUT2D eigenvalue weighted by molar-refractivity contribution is 5.86. The Morgan fingerprint density at radius 1 is 0.957 bits per heavy atom. The van der Waals surface area contributed by atoms with Crippen LogP contribution in [0.4, 0.5) is 0 Å². The minimum atomic E-state index is 0.176. The lowest BCUT2D eigenvalue weighted by atomic mass is 10.0. The van der Waals surface area contributed by atoms with Crippen LogP contribution in [0.25, 0.3) is 0 Å². The van der Waals surface area contributed by atoms with E-state index >= 15 is 0 Å². The molecule has 0 amide bonds. The SMILES string of the molecule is CCCCCCCCCCC1C(=O)CCN1Cc1ccccc1. The highest BCUT2D eigenvalue weighted by atomic mass is 16.1. The Hall–Kier alpha value is -1.15. The normalized spacial score (nSPS) is 18.7. The summed E-state index contributed by atoms with van der Waals surface area (Å²) in [5, 5.41) is 0. The number of carbonyl (C=O) groups excluding carboxylic acids is 1. The maximum atomic E-state index is 12.2. The molecule has 1 aromatic carbocycles. The van der Waals surface area contributed by atoms with Crippen LogP contribution in [0.5, 0.6) is 0 Å². The van der Waals surface area contributed by atoms with E-state index in [1.54, 1.807) is 0 Å². The molecule has 1 aromatic rings. The molecule has 0 radical (unpaired) electrons. The molecule has 2 nitrogen and oxygen atoms in total. The van der Waals surface area contributed by atoms with Gasteiger partial charge in [-0.15, -0.1) is 0 Å². The Kier molecular flexibility index (Phi) is 8.38. The zero-order chi connectivity index (χ0) is 16.3. The summed E-state index contributed by atoms with van der Waals surface area (Å²) in [5.41, 5.74) is 1.32. The van der Waals surface area contributed by atoms with Crippen molar-refractivity contribution < 1.29 is 4.79 Å². The van der Waals surface area contributed by atoms with E-state index in [1.807, 2.05) is 0 Å². The second-order valence-electron chi connectivity index (χ2n) is 6.95. The van der Waals surface area contributed by atoms with Gasteiger partial charge in [0.1, 0.15) is 0 Å². The van der Waals surface area contributed by atoms with E-state index in [4.69, 9.17) is 0 Å². The van der Waals surface area contributed by atoms with Crippen LogP contribution in [0.2, 0.25) is 0 Å². The number of nitrogens with zero attached hydrogens (tertiary/aromatic N) is 1. The summed E-state index contributed by atoms with van der Waals surface area (Å²) < 4.78 is 0. The molecule has 0 aromatic heterocycles. The van der Waals surface area contributed by atoms with Gasteiger partial charge in [0.15, 0.2) is 5.78 Å². The molecule has 0 bridgehead atoms. The van der Waals surface area contributed by atoms with E-state index in [9.17, 15) is 4.79 Å². The number of unbranched alkanes of at least 4 members (excludes halogenated alkanes) is 7. The van der Waals surface area contributed by atoms with Crippen molar-refractivity contribution in [2.75, 3.05) is 6.54 Å². The van der Waals surface area contributed by atoms with Gasteiger partial charge in [-0.25, -0.2) is 0 Å². The number of hydrogen-bond acceptors (Lipinski definition) is 2. The summed E-state index contributed by atoms with van der Waals surface area (Å²) in [7, 11) is 0. The molecule has 0 spiro atoms. The highest BCUT2D eigenvalue weighted by Crippen LogP contribution is 2.22. The van der Waals surface area contributed by atoms with Gasteiger partial charge in [-0.1, -0.05) is 88.6 Å². The molecule has 0 N–H and O–H groups in total. The van der Waals surface area contributed by atoms with Gasteiger partial charge in [0.05, 0.1) is 6.04 Å². The predicted molar refractivity (Wildman–Crippen MR) is 97.5 cm³/mol. The summed E-state index contributed by atoms with van der Waals surface area (Å²) >= 11 is 0. The van der Waals surface area contributed by atoms with Crippen LogP contribution in [0.3, 0.4) is 0 Å². The summed E-state index contributed by atoms with van der Waals surface area (Å²) in [5.74, 6) is 0.462. The minimum absolute atomic E-state index is 0.176. The molecule has 0 aliphatic carbocycles.